The fourth-order valence-electron chi connectivity index (χ4n) is 3.86. The van der Waals surface area contributed by atoms with Crippen molar-refractivity contribution in [3.63, 3.8) is 0 Å². The molecule has 1 aliphatic rings. The predicted molar refractivity (Wildman–Crippen MR) is 101 cm³/mol. The molecule has 0 saturated carbocycles. The van der Waals surface area contributed by atoms with Crippen molar-refractivity contribution in [1.29, 1.82) is 0 Å². The Labute approximate surface area is 145 Å². The highest BCUT2D eigenvalue weighted by molar-refractivity contribution is 5.79. The zero-order chi connectivity index (χ0) is 16.9. The van der Waals surface area contributed by atoms with Gasteiger partial charge in [-0.05, 0) is 44.2 Å². The first-order valence-electron chi connectivity index (χ1n) is 8.84. The number of nitrogens with zero attached hydrogens (tertiary/aromatic N) is 1. The van der Waals surface area contributed by atoms with Crippen molar-refractivity contribution in [3.05, 3.63) is 71.8 Å². The maximum Gasteiger partial charge on any atom is 0.0635 e. The van der Waals surface area contributed by atoms with Gasteiger partial charge in [0.2, 0.25) is 0 Å². The summed E-state index contributed by atoms with van der Waals surface area (Å²) in [4.78, 5) is 4.69. The number of benzene rings is 2. The summed E-state index contributed by atoms with van der Waals surface area (Å²) in [5.41, 5.74) is 2.68. The summed E-state index contributed by atoms with van der Waals surface area (Å²) < 4.78 is 5.98. The third-order valence-electron chi connectivity index (χ3n) is 4.98. The van der Waals surface area contributed by atoms with E-state index in [4.69, 9.17) is 4.74 Å². The Morgan fingerprint density at radius 1 is 1.00 bits per heavy atom. The van der Waals surface area contributed by atoms with Crippen LogP contribution in [0, 0.1) is 0 Å². The molecule has 1 heterocycles. The van der Waals surface area contributed by atoms with Gasteiger partial charge in [-0.25, -0.2) is 0 Å². The molecule has 2 aromatic carbocycles. The summed E-state index contributed by atoms with van der Waals surface area (Å²) in [5, 5.41) is 0. The number of ether oxygens (including phenoxy) is 1. The van der Waals surface area contributed by atoms with E-state index in [-0.39, 0.29) is 11.0 Å². The molecule has 3 rings (SSSR count). The Kier molecular flexibility index (Phi) is 5.15. The molecule has 24 heavy (non-hydrogen) atoms. The Balaban J connectivity index is 1.75. The zero-order valence-corrected chi connectivity index (χ0v) is 14.7. The van der Waals surface area contributed by atoms with E-state index in [1.807, 2.05) is 24.4 Å². The summed E-state index contributed by atoms with van der Waals surface area (Å²) in [5.74, 6) is 0. The molecule has 0 amide bonds. The fraction of sp³-hybridized carbons (Fsp3) is 0.409. The summed E-state index contributed by atoms with van der Waals surface area (Å²) in [6.45, 7) is 6.08. The number of aliphatic imine (C=N–C) groups is 1. The van der Waals surface area contributed by atoms with Crippen LogP contribution in [0.4, 0.5) is 0 Å². The van der Waals surface area contributed by atoms with Crippen LogP contribution in [-0.4, -0.2) is 25.0 Å². The topological polar surface area (TPSA) is 21.6 Å². The molecular formula is C22H27NO. The number of hydrogen-bond acceptors (Lipinski definition) is 2. The molecule has 1 aliphatic heterocycles. The van der Waals surface area contributed by atoms with Crippen LogP contribution in [0.25, 0.3) is 0 Å². The molecule has 2 nitrogen and oxygen atoms in total. The third-order valence-corrected chi connectivity index (χ3v) is 4.98. The zero-order valence-electron chi connectivity index (χ0n) is 14.7. The van der Waals surface area contributed by atoms with Gasteiger partial charge in [-0.3, -0.25) is 4.99 Å². The van der Waals surface area contributed by atoms with Crippen molar-refractivity contribution >= 4 is 6.21 Å². The quantitative estimate of drug-likeness (QED) is 0.708. The average Bonchev–Trinajstić information content (AvgIpc) is 2.60. The lowest BCUT2D eigenvalue weighted by molar-refractivity contribution is -0.0836. The molecule has 126 valence electrons. The second kappa shape index (κ2) is 7.31. The molecule has 0 radical (unpaired) electrons. The Bertz CT molecular complexity index is 663. The van der Waals surface area contributed by atoms with Crippen molar-refractivity contribution < 1.29 is 4.74 Å². The molecule has 2 aromatic rings. The van der Waals surface area contributed by atoms with Gasteiger partial charge in [-0.1, -0.05) is 60.7 Å². The van der Waals surface area contributed by atoms with Crippen molar-refractivity contribution in [3.8, 4) is 0 Å². The van der Waals surface area contributed by atoms with Crippen molar-refractivity contribution in [1.82, 2.24) is 0 Å². The van der Waals surface area contributed by atoms with Gasteiger partial charge in [0.25, 0.3) is 0 Å². The van der Waals surface area contributed by atoms with Crippen molar-refractivity contribution in [2.45, 2.75) is 44.1 Å². The van der Waals surface area contributed by atoms with Gasteiger partial charge in [0, 0.05) is 24.8 Å². The summed E-state index contributed by atoms with van der Waals surface area (Å²) in [7, 11) is 0. The predicted octanol–water partition coefficient (Wildman–Crippen LogP) is 5.02. The Hall–Kier alpha value is -1.93. The van der Waals surface area contributed by atoms with Crippen LogP contribution in [0.15, 0.2) is 65.7 Å². The minimum atomic E-state index is -0.0722. The first-order valence-corrected chi connectivity index (χ1v) is 8.84. The number of hydrogen-bond donors (Lipinski definition) is 0. The Morgan fingerprint density at radius 2 is 1.67 bits per heavy atom. The van der Waals surface area contributed by atoms with Crippen molar-refractivity contribution in [2.24, 2.45) is 4.99 Å². The van der Waals surface area contributed by atoms with E-state index in [0.29, 0.717) is 0 Å². The van der Waals surface area contributed by atoms with Crippen LogP contribution in [0.3, 0.4) is 0 Å². The molecule has 2 heteroatoms. The van der Waals surface area contributed by atoms with E-state index in [1.54, 1.807) is 0 Å². The standard InChI is InChI=1S/C22H27NO/c1-21(2)18-22(14-16-24-21,20-11-7-4-8-12-20)13-15-23-17-19-9-5-3-6-10-19/h3-12,17H,13-16,18H2,1-2H3. The molecule has 0 spiro atoms. The molecule has 0 aromatic heterocycles. The Morgan fingerprint density at radius 3 is 2.33 bits per heavy atom. The van der Waals surface area contributed by atoms with Gasteiger partial charge in [-0.15, -0.1) is 0 Å². The summed E-state index contributed by atoms with van der Waals surface area (Å²) in [6, 6.07) is 21.2. The number of rotatable bonds is 5. The molecule has 0 N–H and O–H groups in total. The van der Waals surface area contributed by atoms with Crippen LogP contribution in [0.2, 0.25) is 0 Å². The summed E-state index contributed by atoms with van der Waals surface area (Å²) >= 11 is 0. The van der Waals surface area contributed by atoms with Crippen LogP contribution >= 0.6 is 0 Å². The van der Waals surface area contributed by atoms with E-state index in [1.165, 1.54) is 11.1 Å². The first kappa shape index (κ1) is 16.9. The fourth-order valence-corrected chi connectivity index (χ4v) is 3.86. The molecule has 1 saturated heterocycles. The average molecular weight is 321 g/mol. The van der Waals surface area contributed by atoms with Gasteiger partial charge < -0.3 is 4.74 Å². The third kappa shape index (κ3) is 4.12. The van der Waals surface area contributed by atoms with Gasteiger partial charge in [0.15, 0.2) is 0 Å². The van der Waals surface area contributed by atoms with Gasteiger partial charge >= 0.3 is 0 Å². The van der Waals surface area contributed by atoms with Crippen molar-refractivity contribution in [2.75, 3.05) is 13.2 Å². The van der Waals surface area contributed by atoms with Crippen LogP contribution in [0.5, 0.6) is 0 Å². The molecular weight excluding hydrogens is 294 g/mol. The SMILES string of the molecule is CC1(C)CC(CCN=Cc2ccccc2)(c2ccccc2)CCO1. The van der Waals surface area contributed by atoms with E-state index in [0.717, 1.165) is 32.4 Å². The molecule has 0 bridgehead atoms. The van der Waals surface area contributed by atoms with E-state index in [2.05, 4.69) is 61.3 Å². The van der Waals surface area contributed by atoms with Crippen LogP contribution in [-0.2, 0) is 10.2 Å². The molecule has 1 fully saturated rings. The molecule has 1 unspecified atom stereocenters. The monoisotopic (exact) mass is 321 g/mol. The van der Waals surface area contributed by atoms with E-state index < -0.39 is 0 Å². The van der Waals surface area contributed by atoms with Crippen LogP contribution < -0.4 is 0 Å². The second-order valence-electron chi connectivity index (χ2n) is 7.38. The lowest BCUT2D eigenvalue weighted by Gasteiger charge is -2.45. The highest BCUT2D eigenvalue weighted by Crippen LogP contribution is 2.43. The smallest absolute Gasteiger partial charge is 0.0635 e. The minimum Gasteiger partial charge on any atom is -0.376 e. The normalized spacial score (nSPS) is 23.4. The minimum absolute atomic E-state index is 0.0722. The van der Waals surface area contributed by atoms with Crippen LogP contribution in [0.1, 0.15) is 44.2 Å². The first-order chi connectivity index (χ1) is 11.6. The summed E-state index contributed by atoms with van der Waals surface area (Å²) in [6.07, 6.45) is 5.17. The molecule has 0 aliphatic carbocycles. The lowest BCUT2D eigenvalue weighted by Crippen LogP contribution is -2.44. The second-order valence-corrected chi connectivity index (χ2v) is 7.38. The highest BCUT2D eigenvalue weighted by atomic mass is 16.5. The van der Waals surface area contributed by atoms with E-state index in [9.17, 15) is 0 Å². The molecule has 1 atom stereocenters. The van der Waals surface area contributed by atoms with Gasteiger partial charge in [0.05, 0.1) is 5.60 Å². The highest BCUT2D eigenvalue weighted by Gasteiger charge is 2.41. The maximum atomic E-state index is 5.98. The van der Waals surface area contributed by atoms with Gasteiger partial charge in [-0.2, -0.15) is 0 Å². The largest absolute Gasteiger partial charge is 0.376 e. The lowest BCUT2D eigenvalue weighted by atomic mass is 9.67. The maximum absolute atomic E-state index is 5.98. The van der Waals surface area contributed by atoms with Gasteiger partial charge in [0.1, 0.15) is 0 Å². The van der Waals surface area contributed by atoms with E-state index >= 15 is 0 Å².